The Balaban J connectivity index is 1.60. The summed E-state index contributed by atoms with van der Waals surface area (Å²) in [7, 11) is 3.78. The Morgan fingerprint density at radius 2 is 1.63 bits per heavy atom. The molecule has 2 aliphatic rings. The molecule has 0 bridgehead atoms. The molecular weight excluding hydrogens is 380 g/mol. The Hall–Kier alpha value is -2.12. The minimum absolute atomic E-state index is 0.0271. The van der Waals surface area contributed by atoms with Crippen LogP contribution < -0.4 is 15.4 Å². The number of nitrogens with zero attached hydrogens (tertiary/aromatic N) is 2. The van der Waals surface area contributed by atoms with Gasteiger partial charge < -0.3 is 20.3 Å². The van der Waals surface area contributed by atoms with E-state index >= 15 is 0 Å². The fraction of sp³-hybridized carbons (Fsp3) is 0.652. The minimum Gasteiger partial charge on any atom is -0.497 e. The first-order valence-electron chi connectivity index (χ1n) is 11.2. The molecule has 1 heterocycles. The van der Waals surface area contributed by atoms with Crippen LogP contribution in [0, 0.1) is 0 Å². The summed E-state index contributed by atoms with van der Waals surface area (Å²) < 4.78 is 5.28. The highest BCUT2D eigenvalue weighted by Gasteiger charge is 2.26. The molecule has 0 aromatic heterocycles. The summed E-state index contributed by atoms with van der Waals surface area (Å²) in [6.45, 7) is 4.24. The third-order valence-electron chi connectivity index (χ3n) is 6.33. The second kappa shape index (κ2) is 11.3. The predicted molar refractivity (Wildman–Crippen MR) is 117 cm³/mol. The number of rotatable bonds is 6. The molecule has 0 spiro atoms. The van der Waals surface area contributed by atoms with Crippen LogP contribution in [0.25, 0.3) is 0 Å². The summed E-state index contributed by atoms with van der Waals surface area (Å²) in [5, 5.41) is 5.82. The highest BCUT2D eigenvalue weighted by Crippen LogP contribution is 2.24. The predicted octanol–water partition coefficient (Wildman–Crippen LogP) is 1.94. The van der Waals surface area contributed by atoms with E-state index in [9.17, 15) is 9.59 Å². The molecule has 1 saturated carbocycles. The second-order valence-electron chi connectivity index (χ2n) is 8.50. The summed E-state index contributed by atoms with van der Waals surface area (Å²) in [6.07, 6.45) is 6.61. The Morgan fingerprint density at radius 3 is 2.23 bits per heavy atom. The zero-order valence-electron chi connectivity index (χ0n) is 18.4. The van der Waals surface area contributed by atoms with Crippen LogP contribution in [0.3, 0.4) is 0 Å². The maximum absolute atomic E-state index is 12.5. The van der Waals surface area contributed by atoms with Crippen LogP contribution in [0.1, 0.15) is 50.1 Å². The maximum Gasteiger partial charge on any atom is 0.309 e. The van der Waals surface area contributed by atoms with Crippen LogP contribution in [0.2, 0.25) is 0 Å². The summed E-state index contributed by atoms with van der Waals surface area (Å²) in [5.41, 5.74) is 1.12. The molecule has 30 heavy (non-hydrogen) atoms. The number of piperazine rings is 1. The third kappa shape index (κ3) is 6.44. The third-order valence-corrected chi connectivity index (χ3v) is 6.33. The van der Waals surface area contributed by atoms with Gasteiger partial charge in [-0.05, 0) is 37.6 Å². The molecule has 7 heteroatoms. The largest absolute Gasteiger partial charge is 0.497 e. The number of hydrogen-bond donors (Lipinski definition) is 2. The Bertz CT molecular complexity index is 678. The van der Waals surface area contributed by atoms with Gasteiger partial charge in [0, 0.05) is 38.8 Å². The topological polar surface area (TPSA) is 73.9 Å². The van der Waals surface area contributed by atoms with E-state index in [1.54, 1.807) is 7.11 Å². The van der Waals surface area contributed by atoms with Gasteiger partial charge in [-0.2, -0.15) is 0 Å². The van der Waals surface area contributed by atoms with Gasteiger partial charge in [-0.1, -0.05) is 37.8 Å². The number of amides is 2. The molecular formula is C23H36N4O3. The average molecular weight is 417 g/mol. The molecule has 1 aliphatic carbocycles. The van der Waals surface area contributed by atoms with Crippen molar-refractivity contribution in [3.63, 3.8) is 0 Å². The first-order chi connectivity index (χ1) is 14.6. The van der Waals surface area contributed by atoms with Gasteiger partial charge >= 0.3 is 11.8 Å². The van der Waals surface area contributed by atoms with E-state index in [4.69, 9.17) is 4.74 Å². The molecule has 7 nitrogen and oxygen atoms in total. The standard InChI is InChI=1S/C23H36N4O3/c1-26-13-15-27(16-14-26)21(18-9-11-20(30-2)12-10-18)17-24-22(28)23(29)25-19-7-5-3-4-6-8-19/h9-12,19,21H,3-8,13-17H2,1-2H3,(H,24,28)(H,25,29)/t21-/m0/s1. The lowest BCUT2D eigenvalue weighted by Gasteiger charge is -2.38. The highest BCUT2D eigenvalue weighted by atomic mass is 16.5. The van der Waals surface area contributed by atoms with Crippen LogP contribution in [-0.2, 0) is 9.59 Å². The summed E-state index contributed by atoms with van der Waals surface area (Å²) in [4.78, 5) is 29.6. The number of likely N-dealkylation sites (N-methyl/N-ethyl adjacent to an activating group) is 1. The normalized spacial score (nSPS) is 20.2. The highest BCUT2D eigenvalue weighted by molar-refractivity contribution is 6.35. The maximum atomic E-state index is 12.5. The van der Waals surface area contributed by atoms with E-state index < -0.39 is 11.8 Å². The molecule has 1 aromatic rings. The van der Waals surface area contributed by atoms with Crippen molar-refractivity contribution in [2.45, 2.75) is 50.6 Å². The van der Waals surface area contributed by atoms with E-state index in [1.807, 2.05) is 24.3 Å². The molecule has 1 atom stereocenters. The molecule has 1 saturated heterocycles. The SMILES string of the molecule is COc1ccc([C@H](CNC(=O)C(=O)NC2CCCCCC2)N2CCN(C)CC2)cc1. The fourth-order valence-corrected chi connectivity index (χ4v) is 4.36. The van der Waals surface area contributed by atoms with Crippen LogP contribution in [-0.4, -0.2) is 74.5 Å². The lowest BCUT2D eigenvalue weighted by atomic mass is 10.0. The zero-order valence-corrected chi connectivity index (χ0v) is 18.4. The van der Waals surface area contributed by atoms with Crippen LogP contribution in [0.5, 0.6) is 5.75 Å². The lowest BCUT2D eigenvalue weighted by Crippen LogP contribution is -2.50. The molecule has 3 rings (SSSR count). The molecule has 166 valence electrons. The number of hydrogen-bond acceptors (Lipinski definition) is 5. The van der Waals surface area contributed by atoms with E-state index in [-0.39, 0.29) is 12.1 Å². The molecule has 0 radical (unpaired) electrons. The number of methoxy groups -OCH3 is 1. The van der Waals surface area contributed by atoms with Crippen molar-refractivity contribution in [2.24, 2.45) is 0 Å². The van der Waals surface area contributed by atoms with Crippen molar-refractivity contribution in [1.82, 2.24) is 20.4 Å². The average Bonchev–Trinajstić information content (AvgIpc) is 3.04. The van der Waals surface area contributed by atoms with Gasteiger partial charge in [0.05, 0.1) is 13.2 Å². The Kier molecular flexibility index (Phi) is 8.51. The number of ether oxygens (including phenoxy) is 1. The van der Waals surface area contributed by atoms with Gasteiger partial charge in [-0.3, -0.25) is 14.5 Å². The molecule has 1 aliphatic heterocycles. The van der Waals surface area contributed by atoms with Crippen LogP contribution in [0.4, 0.5) is 0 Å². The van der Waals surface area contributed by atoms with E-state index in [2.05, 4.69) is 27.5 Å². The van der Waals surface area contributed by atoms with Gasteiger partial charge in [-0.15, -0.1) is 0 Å². The molecule has 2 fully saturated rings. The number of nitrogens with one attached hydrogen (secondary N) is 2. The second-order valence-corrected chi connectivity index (χ2v) is 8.50. The van der Waals surface area contributed by atoms with Gasteiger partial charge in [0.2, 0.25) is 0 Å². The summed E-state index contributed by atoms with van der Waals surface area (Å²) >= 11 is 0. The fourth-order valence-electron chi connectivity index (χ4n) is 4.36. The number of benzene rings is 1. The van der Waals surface area contributed by atoms with Crippen molar-refractivity contribution in [3.8, 4) is 5.75 Å². The smallest absolute Gasteiger partial charge is 0.309 e. The summed E-state index contributed by atoms with van der Waals surface area (Å²) in [5.74, 6) is -0.233. The molecule has 2 amide bonds. The lowest BCUT2D eigenvalue weighted by molar-refractivity contribution is -0.139. The van der Waals surface area contributed by atoms with E-state index in [0.29, 0.717) is 6.54 Å². The van der Waals surface area contributed by atoms with E-state index in [1.165, 1.54) is 12.8 Å². The van der Waals surface area contributed by atoms with Crippen molar-refractivity contribution in [2.75, 3.05) is 46.9 Å². The monoisotopic (exact) mass is 416 g/mol. The van der Waals surface area contributed by atoms with Gasteiger partial charge in [0.1, 0.15) is 5.75 Å². The van der Waals surface area contributed by atoms with Crippen molar-refractivity contribution < 1.29 is 14.3 Å². The zero-order chi connectivity index (χ0) is 21.3. The first kappa shape index (κ1) is 22.6. The minimum atomic E-state index is -0.535. The van der Waals surface area contributed by atoms with Gasteiger partial charge in [-0.25, -0.2) is 0 Å². The van der Waals surface area contributed by atoms with E-state index in [0.717, 1.165) is 63.2 Å². The Labute approximate surface area is 180 Å². The number of carbonyl (C=O) groups is 2. The van der Waals surface area contributed by atoms with Gasteiger partial charge in [0.25, 0.3) is 0 Å². The molecule has 2 N–H and O–H groups in total. The van der Waals surface area contributed by atoms with Crippen molar-refractivity contribution in [3.05, 3.63) is 29.8 Å². The molecule has 1 aromatic carbocycles. The van der Waals surface area contributed by atoms with Crippen LogP contribution in [0.15, 0.2) is 24.3 Å². The Morgan fingerprint density at radius 1 is 1.00 bits per heavy atom. The first-order valence-corrected chi connectivity index (χ1v) is 11.2. The van der Waals surface area contributed by atoms with Gasteiger partial charge in [0.15, 0.2) is 0 Å². The van der Waals surface area contributed by atoms with Crippen LogP contribution >= 0.6 is 0 Å². The number of carbonyl (C=O) groups excluding carboxylic acids is 2. The quantitative estimate of drug-likeness (QED) is 0.548. The van der Waals surface area contributed by atoms with Crippen molar-refractivity contribution >= 4 is 11.8 Å². The van der Waals surface area contributed by atoms with Crippen molar-refractivity contribution in [1.29, 1.82) is 0 Å². The summed E-state index contributed by atoms with van der Waals surface area (Å²) in [6, 6.07) is 8.12. The molecule has 0 unspecified atom stereocenters.